The molecule has 0 aliphatic heterocycles. The second-order valence-corrected chi connectivity index (χ2v) is 4.26. The van der Waals surface area contributed by atoms with Crippen molar-refractivity contribution in [1.29, 1.82) is 0 Å². The second kappa shape index (κ2) is 5.88. The Labute approximate surface area is 89.1 Å². The molecule has 0 spiro atoms. The van der Waals surface area contributed by atoms with E-state index < -0.39 is 0 Å². The van der Waals surface area contributed by atoms with Gasteiger partial charge < -0.3 is 10.5 Å². The normalized spacial score (nSPS) is 12.5. The zero-order valence-corrected chi connectivity index (χ0v) is 9.38. The number of aromatic nitrogens is 1. The molecular weight excluding hydrogens is 196 g/mol. The lowest BCUT2D eigenvalue weighted by molar-refractivity contribution is 0.336. The number of hydrogen-bond acceptors (Lipinski definition) is 4. The average molecular weight is 212 g/mol. The highest BCUT2D eigenvalue weighted by Gasteiger charge is 2.05. The van der Waals surface area contributed by atoms with Crippen molar-refractivity contribution in [2.75, 3.05) is 6.61 Å². The predicted molar refractivity (Wildman–Crippen MR) is 60.4 cm³/mol. The molecule has 0 amide bonds. The highest BCUT2D eigenvalue weighted by Crippen LogP contribution is 2.21. The molecule has 0 aliphatic carbocycles. The third kappa shape index (κ3) is 3.55. The van der Waals surface area contributed by atoms with Crippen LogP contribution in [0.25, 0.3) is 0 Å². The highest BCUT2D eigenvalue weighted by atomic mass is 32.2. The molecule has 3 nitrogen and oxygen atoms in total. The van der Waals surface area contributed by atoms with Crippen molar-refractivity contribution >= 4 is 11.8 Å². The Kier molecular flexibility index (Phi) is 4.76. The van der Waals surface area contributed by atoms with E-state index in [-0.39, 0.29) is 5.37 Å². The van der Waals surface area contributed by atoms with Crippen molar-refractivity contribution in [3.63, 3.8) is 0 Å². The van der Waals surface area contributed by atoms with Crippen molar-refractivity contribution in [1.82, 2.24) is 4.98 Å². The van der Waals surface area contributed by atoms with Gasteiger partial charge in [-0.15, -0.1) is 11.8 Å². The summed E-state index contributed by atoms with van der Waals surface area (Å²) >= 11 is 1.66. The Morgan fingerprint density at radius 1 is 1.64 bits per heavy atom. The summed E-state index contributed by atoms with van der Waals surface area (Å²) in [5, 5.41) is 0.131. The number of pyridine rings is 1. The summed E-state index contributed by atoms with van der Waals surface area (Å²) in [6.45, 7) is 4.60. The Bertz CT molecular complexity index is 279. The topological polar surface area (TPSA) is 48.1 Å². The standard InChI is InChI=1S/C10H16N2OS/c1-3-13-10-5-4-6-12-9(10)7-14-8(2)11/h4-6,8H,3,7,11H2,1-2H3. The van der Waals surface area contributed by atoms with E-state index in [2.05, 4.69) is 4.98 Å². The van der Waals surface area contributed by atoms with Gasteiger partial charge in [0, 0.05) is 17.3 Å². The summed E-state index contributed by atoms with van der Waals surface area (Å²) in [5.74, 6) is 1.66. The van der Waals surface area contributed by atoms with Gasteiger partial charge in [-0.1, -0.05) is 0 Å². The molecule has 0 bridgehead atoms. The summed E-state index contributed by atoms with van der Waals surface area (Å²) in [6.07, 6.45) is 1.78. The summed E-state index contributed by atoms with van der Waals surface area (Å²) in [4.78, 5) is 4.27. The Morgan fingerprint density at radius 3 is 3.07 bits per heavy atom. The largest absolute Gasteiger partial charge is 0.492 e. The molecule has 78 valence electrons. The van der Waals surface area contributed by atoms with Gasteiger partial charge in [0.1, 0.15) is 5.75 Å². The van der Waals surface area contributed by atoms with Crippen LogP contribution in [0.5, 0.6) is 5.75 Å². The molecule has 1 atom stereocenters. The smallest absolute Gasteiger partial charge is 0.141 e. The van der Waals surface area contributed by atoms with Crippen molar-refractivity contribution in [2.45, 2.75) is 25.0 Å². The van der Waals surface area contributed by atoms with Crippen LogP contribution in [-0.4, -0.2) is 17.0 Å². The van der Waals surface area contributed by atoms with E-state index >= 15 is 0 Å². The molecule has 2 N–H and O–H groups in total. The van der Waals surface area contributed by atoms with Gasteiger partial charge in [-0.2, -0.15) is 0 Å². The van der Waals surface area contributed by atoms with Crippen LogP contribution in [0.15, 0.2) is 18.3 Å². The Hall–Kier alpha value is -0.740. The zero-order valence-electron chi connectivity index (χ0n) is 8.56. The fourth-order valence-corrected chi connectivity index (χ4v) is 1.67. The second-order valence-electron chi connectivity index (χ2n) is 2.90. The van der Waals surface area contributed by atoms with Gasteiger partial charge in [0.05, 0.1) is 12.3 Å². The molecule has 0 aliphatic rings. The lowest BCUT2D eigenvalue weighted by atomic mass is 10.3. The van der Waals surface area contributed by atoms with Crippen LogP contribution in [0, 0.1) is 0 Å². The lowest BCUT2D eigenvalue weighted by Gasteiger charge is -2.09. The maximum atomic E-state index is 5.66. The molecular formula is C10H16N2OS. The van der Waals surface area contributed by atoms with E-state index in [1.807, 2.05) is 26.0 Å². The van der Waals surface area contributed by atoms with Crippen LogP contribution in [0.2, 0.25) is 0 Å². The first kappa shape index (κ1) is 11.3. The third-order valence-electron chi connectivity index (χ3n) is 1.63. The molecule has 0 radical (unpaired) electrons. The van der Waals surface area contributed by atoms with Crippen molar-refractivity contribution in [3.05, 3.63) is 24.0 Å². The van der Waals surface area contributed by atoms with Gasteiger partial charge in [-0.25, -0.2) is 0 Å². The minimum absolute atomic E-state index is 0.131. The van der Waals surface area contributed by atoms with Gasteiger partial charge in [-0.05, 0) is 26.0 Å². The Balaban J connectivity index is 2.64. The van der Waals surface area contributed by atoms with Gasteiger partial charge in [0.2, 0.25) is 0 Å². The van der Waals surface area contributed by atoms with Crippen LogP contribution >= 0.6 is 11.8 Å². The number of hydrogen-bond donors (Lipinski definition) is 1. The predicted octanol–water partition coefficient (Wildman–Crippen LogP) is 2.02. The number of ether oxygens (including phenoxy) is 1. The zero-order chi connectivity index (χ0) is 10.4. The van der Waals surface area contributed by atoms with Gasteiger partial charge in [0.25, 0.3) is 0 Å². The molecule has 1 aromatic heterocycles. The SMILES string of the molecule is CCOc1cccnc1CSC(C)N. The molecule has 1 unspecified atom stereocenters. The summed E-state index contributed by atoms with van der Waals surface area (Å²) < 4.78 is 5.45. The maximum absolute atomic E-state index is 5.66. The molecule has 0 fully saturated rings. The fraction of sp³-hybridized carbons (Fsp3) is 0.500. The molecule has 1 rings (SSSR count). The van der Waals surface area contributed by atoms with Gasteiger partial charge in [-0.3, -0.25) is 4.98 Å². The first-order chi connectivity index (χ1) is 6.74. The average Bonchev–Trinajstić information content (AvgIpc) is 2.17. The number of thioether (sulfide) groups is 1. The molecule has 1 heterocycles. The van der Waals surface area contributed by atoms with E-state index in [4.69, 9.17) is 10.5 Å². The minimum atomic E-state index is 0.131. The summed E-state index contributed by atoms with van der Waals surface area (Å²) in [5.41, 5.74) is 6.63. The molecule has 4 heteroatoms. The molecule has 1 aromatic rings. The maximum Gasteiger partial charge on any atom is 0.141 e. The van der Waals surface area contributed by atoms with Crippen molar-refractivity contribution in [3.8, 4) is 5.75 Å². The van der Waals surface area contributed by atoms with Crippen LogP contribution in [-0.2, 0) is 5.75 Å². The minimum Gasteiger partial charge on any atom is -0.492 e. The first-order valence-electron chi connectivity index (χ1n) is 4.68. The van der Waals surface area contributed by atoms with Crippen molar-refractivity contribution < 1.29 is 4.74 Å². The van der Waals surface area contributed by atoms with Gasteiger partial charge in [0.15, 0.2) is 0 Å². The van der Waals surface area contributed by atoms with E-state index in [9.17, 15) is 0 Å². The number of rotatable bonds is 5. The lowest BCUT2D eigenvalue weighted by Crippen LogP contribution is -2.10. The molecule has 0 saturated carbocycles. The highest BCUT2D eigenvalue weighted by molar-refractivity contribution is 7.99. The quantitative estimate of drug-likeness (QED) is 0.759. The first-order valence-corrected chi connectivity index (χ1v) is 5.72. The monoisotopic (exact) mass is 212 g/mol. The van der Waals surface area contributed by atoms with Crippen LogP contribution < -0.4 is 10.5 Å². The summed E-state index contributed by atoms with van der Waals surface area (Å²) in [7, 11) is 0. The third-order valence-corrected chi connectivity index (χ3v) is 2.60. The summed E-state index contributed by atoms with van der Waals surface area (Å²) in [6, 6.07) is 3.82. The fourth-order valence-electron chi connectivity index (χ4n) is 1.03. The van der Waals surface area contributed by atoms with E-state index in [1.54, 1.807) is 18.0 Å². The Morgan fingerprint density at radius 2 is 2.43 bits per heavy atom. The van der Waals surface area contributed by atoms with Gasteiger partial charge >= 0.3 is 0 Å². The van der Waals surface area contributed by atoms with E-state index in [1.165, 1.54) is 0 Å². The number of nitrogens with two attached hydrogens (primary N) is 1. The molecule has 0 aromatic carbocycles. The van der Waals surface area contributed by atoms with Crippen LogP contribution in [0.1, 0.15) is 19.5 Å². The van der Waals surface area contributed by atoms with E-state index in [0.717, 1.165) is 17.2 Å². The van der Waals surface area contributed by atoms with E-state index in [0.29, 0.717) is 6.61 Å². The molecule has 14 heavy (non-hydrogen) atoms. The van der Waals surface area contributed by atoms with Crippen LogP contribution in [0.3, 0.4) is 0 Å². The van der Waals surface area contributed by atoms with Crippen LogP contribution in [0.4, 0.5) is 0 Å². The van der Waals surface area contributed by atoms with Crippen molar-refractivity contribution in [2.24, 2.45) is 5.73 Å². The number of nitrogens with zero attached hydrogens (tertiary/aromatic N) is 1. The molecule has 0 saturated heterocycles.